The third-order valence-corrected chi connectivity index (χ3v) is 4.73. The van der Waals surface area contributed by atoms with E-state index in [1.54, 1.807) is 0 Å². The highest BCUT2D eigenvalue weighted by molar-refractivity contribution is 7.81. The van der Waals surface area contributed by atoms with Gasteiger partial charge in [0, 0.05) is 7.11 Å². The van der Waals surface area contributed by atoms with Gasteiger partial charge in [-0.05, 0) is 0 Å². The largest absolute Gasteiger partial charge is 0.397 e. The molecule has 0 radical (unpaired) electrons. The first kappa shape index (κ1) is 26.4. The molecule has 0 aromatic heterocycles. The summed E-state index contributed by atoms with van der Waals surface area (Å²) in [4.78, 5) is 0. The van der Waals surface area contributed by atoms with Gasteiger partial charge in [-0.2, -0.15) is 33.7 Å². The number of ether oxygens (including phenoxy) is 2. The van der Waals surface area contributed by atoms with Crippen LogP contribution in [-0.2, 0) is 67.8 Å². The highest BCUT2D eigenvalue weighted by Gasteiger charge is 2.54. The van der Waals surface area contributed by atoms with Crippen LogP contribution in [0.3, 0.4) is 0 Å². The lowest BCUT2D eigenvalue weighted by Crippen LogP contribution is -2.62. The fraction of sp³-hybridized carbons (Fsp3) is 1.00. The van der Waals surface area contributed by atoms with Gasteiger partial charge in [-0.3, -0.25) is 18.2 Å². The molecule has 1 fully saturated rings. The molecule has 0 aromatic carbocycles. The summed E-state index contributed by atoms with van der Waals surface area (Å²) in [5.41, 5.74) is 0. The zero-order chi connectivity index (χ0) is 22.8. The van der Waals surface area contributed by atoms with Gasteiger partial charge >= 0.3 is 41.6 Å². The fourth-order valence-corrected chi connectivity index (χ4v) is 3.91. The smallest absolute Gasteiger partial charge is 0.353 e. The molecule has 174 valence electrons. The lowest BCUT2D eigenvalue weighted by atomic mass is 9.99. The van der Waals surface area contributed by atoms with Gasteiger partial charge in [0.15, 0.2) is 12.4 Å². The molecule has 1 heterocycles. The quantitative estimate of drug-likeness (QED) is 0.208. The first-order chi connectivity index (χ1) is 12.8. The Morgan fingerprint density at radius 2 is 1.10 bits per heavy atom. The summed E-state index contributed by atoms with van der Waals surface area (Å²) in [6, 6.07) is 0. The molecule has 0 aromatic rings. The molecule has 0 amide bonds. The van der Waals surface area contributed by atoms with E-state index < -0.39 is 78.9 Å². The zero-order valence-electron chi connectivity index (χ0n) is 13.7. The van der Waals surface area contributed by atoms with Gasteiger partial charge in [-0.15, -0.1) is 0 Å². The maximum atomic E-state index is 11.1. The standard InChI is InChI=1S/C7H14O18S4/c1-20-7-6(25-29(17,18)19)5(24-28(14,15)16)4(23-27(11,12)13)3(22-7)2-21-26(8,9)10/h3-7H,2H2,1H3,(H,8,9,10)(H,11,12,13)(H,14,15,16)(H,17,18,19). The Bertz CT molecular complexity index is 977. The Balaban J connectivity index is 3.49. The lowest BCUT2D eigenvalue weighted by Gasteiger charge is -2.42. The molecular formula is C7H14O18S4. The molecule has 18 nitrogen and oxygen atoms in total. The van der Waals surface area contributed by atoms with Crippen LogP contribution in [0.5, 0.6) is 0 Å². The molecule has 4 N–H and O–H groups in total. The van der Waals surface area contributed by atoms with Crippen LogP contribution in [0.15, 0.2) is 0 Å². The Labute approximate surface area is 164 Å². The van der Waals surface area contributed by atoms with E-state index in [-0.39, 0.29) is 0 Å². The summed E-state index contributed by atoms with van der Waals surface area (Å²) in [6.45, 7) is -1.33. The predicted octanol–water partition coefficient (Wildman–Crippen LogP) is -3.26. The normalized spacial score (nSPS) is 29.6. The van der Waals surface area contributed by atoms with Gasteiger partial charge in [0.1, 0.15) is 18.3 Å². The number of rotatable bonds is 10. The van der Waals surface area contributed by atoms with Gasteiger partial charge in [-0.1, -0.05) is 0 Å². The third kappa shape index (κ3) is 9.83. The van der Waals surface area contributed by atoms with E-state index in [4.69, 9.17) is 22.9 Å². The van der Waals surface area contributed by atoms with E-state index in [2.05, 4.69) is 21.5 Å². The molecule has 0 saturated carbocycles. The van der Waals surface area contributed by atoms with E-state index in [1.165, 1.54) is 0 Å². The minimum atomic E-state index is -5.53. The minimum Gasteiger partial charge on any atom is -0.353 e. The molecule has 29 heavy (non-hydrogen) atoms. The van der Waals surface area contributed by atoms with Crippen LogP contribution < -0.4 is 0 Å². The second-order valence-electron chi connectivity index (χ2n) is 4.96. The van der Waals surface area contributed by atoms with E-state index in [0.29, 0.717) is 0 Å². The van der Waals surface area contributed by atoms with E-state index >= 15 is 0 Å². The molecule has 0 bridgehead atoms. The average molecular weight is 514 g/mol. The van der Waals surface area contributed by atoms with Crippen molar-refractivity contribution >= 4 is 41.6 Å². The number of hydrogen-bond donors (Lipinski definition) is 4. The first-order valence-electron chi connectivity index (χ1n) is 6.58. The van der Waals surface area contributed by atoms with Gasteiger partial charge in [0.05, 0.1) is 6.61 Å². The van der Waals surface area contributed by atoms with Gasteiger partial charge < -0.3 is 9.47 Å². The summed E-state index contributed by atoms with van der Waals surface area (Å²) in [7, 11) is -20.8. The van der Waals surface area contributed by atoms with Crippen molar-refractivity contribution in [2.45, 2.75) is 30.7 Å². The van der Waals surface area contributed by atoms with Crippen LogP contribution in [0.1, 0.15) is 0 Å². The van der Waals surface area contributed by atoms with E-state index in [0.717, 1.165) is 7.11 Å². The molecule has 1 aliphatic heterocycles. The van der Waals surface area contributed by atoms with E-state index in [1.807, 2.05) is 0 Å². The fourth-order valence-electron chi connectivity index (χ4n) is 2.10. The molecule has 1 aliphatic rings. The minimum absolute atomic E-state index is 0.806. The molecule has 0 aliphatic carbocycles. The topological polar surface area (TPSA) is 273 Å². The van der Waals surface area contributed by atoms with Crippen LogP contribution in [0.2, 0.25) is 0 Å². The van der Waals surface area contributed by atoms with Crippen molar-refractivity contribution in [3.05, 3.63) is 0 Å². The Kier molecular flexibility index (Phi) is 8.45. The second-order valence-corrected chi connectivity index (χ2v) is 9.19. The van der Waals surface area contributed by atoms with E-state index in [9.17, 15) is 33.7 Å². The van der Waals surface area contributed by atoms with Crippen LogP contribution in [0, 0.1) is 0 Å². The molecule has 5 atom stereocenters. The SMILES string of the molecule is COC1OC(COS(=O)(=O)O)C(OS(=O)(=O)O)C(OS(=O)(=O)O)C1OS(=O)(=O)O. The summed E-state index contributed by atoms with van der Waals surface area (Å²) < 4.78 is 149. The van der Waals surface area contributed by atoms with Gasteiger partial charge in [-0.25, -0.2) is 16.7 Å². The maximum absolute atomic E-state index is 11.1. The first-order valence-corrected chi connectivity index (χ1v) is 12.0. The van der Waals surface area contributed by atoms with Crippen molar-refractivity contribution in [1.29, 1.82) is 0 Å². The van der Waals surface area contributed by atoms with Crippen molar-refractivity contribution in [1.82, 2.24) is 0 Å². The predicted molar refractivity (Wildman–Crippen MR) is 82.4 cm³/mol. The average Bonchev–Trinajstić information content (AvgIpc) is 2.44. The maximum Gasteiger partial charge on any atom is 0.397 e. The van der Waals surface area contributed by atoms with Crippen LogP contribution in [0.25, 0.3) is 0 Å². The van der Waals surface area contributed by atoms with Crippen LogP contribution in [0.4, 0.5) is 0 Å². The molecule has 0 spiro atoms. The van der Waals surface area contributed by atoms with Gasteiger partial charge in [0.25, 0.3) is 0 Å². The highest BCUT2D eigenvalue weighted by atomic mass is 32.3. The van der Waals surface area contributed by atoms with Crippen molar-refractivity contribution in [2.24, 2.45) is 0 Å². The van der Waals surface area contributed by atoms with Gasteiger partial charge in [0.2, 0.25) is 0 Å². The Hall–Kier alpha value is -0.600. The summed E-state index contributed by atoms with van der Waals surface area (Å²) in [5, 5.41) is 0. The molecule has 1 saturated heterocycles. The van der Waals surface area contributed by atoms with Crippen molar-refractivity contribution < 1.29 is 78.1 Å². The molecule has 22 heteroatoms. The third-order valence-electron chi connectivity index (χ3n) is 2.90. The molecular weight excluding hydrogens is 500 g/mol. The number of methoxy groups -OCH3 is 1. The van der Waals surface area contributed by atoms with Crippen LogP contribution >= 0.6 is 0 Å². The highest BCUT2D eigenvalue weighted by Crippen LogP contribution is 2.31. The summed E-state index contributed by atoms with van der Waals surface area (Å²) >= 11 is 0. The molecule has 1 rings (SSSR count). The summed E-state index contributed by atoms with van der Waals surface area (Å²) in [5.74, 6) is 0. The van der Waals surface area contributed by atoms with Crippen molar-refractivity contribution in [3.8, 4) is 0 Å². The Morgan fingerprint density at radius 1 is 0.690 bits per heavy atom. The van der Waals surface area contributed by atoms with Crippen molar-refractivity contribution in [3.63, 3.8) is 0 Å². The Morgan fingerprint density at radius 3 is 1.48 bits per heavy atom. The second kappa shape index (κ2) is 9.27. The number of hydrogen-bond acceptors (Lipinski definition) is 14. The summed E-state index contributed by atoms with van der Waals surface area (Å²) in [6.07, 6.45) is -11.6. The molecule has 5 unspecified atom stereocenters. The monoisotopic (exact) mass is 514 g/mol. The van der Waals surface area contributed by atoms with Crippen LogP contribution in [-0.4, -0.2) is 96.3 Å². The van der Waals surface area contributed by atoms with Crippen molar-refractivity contribution in [2.75, 3.05) is 13.7 Å². The lowest BCUT2D eigenvalue weighted by molar-refractivity contribution is -0.279. The zero-order valence-corrected chi connectivity index (χ0v) is 17.0.